The summed E-state index contributed by atoms with van der Waals surface area (Å²) in [5.41, 5.74) is 1.71. The van der Waals surface area contributed by atoms with Gasteiger partial charge in [0.05, 0.1) is 13.2 Å². The van der Waals surface area contributed by atoms with E-state index in [1.807, 2.05) is 45.9 Å². The number of methoxy groups -OCH3 is 1. The van der Waals surface area contributed by atoms with Gasteiger partial charge in [-0.05, 0) is 38.0 Å². The standard InChI is InChI=1S/C19H26N2O4/c1-10(2)17(21-13(5)22)19(23)20-12(4)18-11(3)15-9-14(24-6)7-8-16(15)25-18/h7-10,12,17H,1-6H3,(H,20,23)(H,21,22). The fraction of sp³-hybridized carbons (Fsp3) is 0.474. The fourth-order valence-corrected chi connectivity index (χ4v) is 2.88. The zero-order chi connectivity index (χ0) is 18.7. The van der Waals surface area contributed by atoms with E-state index in [0.29, 0.717) is 5.76 Å². The molecule has 2 rings (SSSR count). The Bertz CT molecular complexity index is 779. The molecule has 1 aromatic heterocycles. The van der Waals surface area contributed by atoms with E-state index >= 15 is 0 Å². The molecule has 0 spiro atoms. The van der Waals surface area contributed by atoms with Crippen molar-refractivity contribution in [2.75, 3.05) is 7.11 Å². The minimum Gasteiger partial charge on any atom is -0.497 e. The number of benzene rings is 1. The molecule has 2 amide bonds. The number of ether oxygens (including phenoxy) is 1. The Hall–Kier alpha value is -2.50. The van der Waals surface area contributed by atoms with Crippen LogP contribution in [0.2, 0.25) is 0 Å². The minimum absolute atomic E-state index is 0.0165. The van der Waals surface area contributed by atoms with Crippen LogP contribution < -0.4 is 15.4 Å². The predicted octanol–water partition coefficient (Wildman–Crippen LogP) is 3.09. The van der Waals surface area contributed by atoms with E-state index in [4.69, 9.17) is 9.15 Å². The second-order valence-corrected chi connectivity index (χ2v) is 6.61. The predicted molar refractivity (Wildman–Crippen MR) is 96.5 cm³/mol. The topological polar surface area (TPSA) is 80.6 Å². The van der Waals surface area contributed by atoms with Gasteiger partial charge in [0.15, 0.2) is 0 Å². The van der Waals surface area contributed by atoms with Crippen LogP contribution in [0.1, 0.15) is 45.1 Å². The molecule has 2 N–H and O–H groups in total. The molecular formula is C19H26N2O4. The maximum absolute atomic E-state index is 12.5. The maximum Gasteiger partial charge on any atom is 0.243 e. The number of amides is 2. The summed E-state index contributed by atoms with van der Waals surface area (Å²) < 4.78 is 11.2. The van der Waals surface area contributed by atoms with Crippen molar-refractivity contribution < 1.29 is 18.7 Å². The first-order chi connectivity index (χ1) is 11.7. The summed E-state index contributed by atoms with van der Waals surface area (Å²) in [7, 11) is 1.62. The Morgan fingerprint density at radius 1 is 1.16 bits per heavy atom. The van der Waals surface area contributed by atoms with Gasteiger partial charge in [0.2, 0.25) is 11.8 Å². The van der Waals surface area contributed by atoms with E-state index in [9.17, 15) is 9.59 Å². The van der Waals surface area contributed by atoms with Crippen LogP contribution in [-0.2, 0) is 9.59 Å². The number of nitrogens with one attached hydrogen (secondary N) is 2. The zero-order valence-electron chi connectivity index (χ0n) is 15.6. The van der Waals surface area contributed by atoms with Gasteiger partial charge in [0, 0.05) is 17.9 Å². The van der Waals surface area contributed by atoms with E-state index in [0.717, 1.165) is 22.3 Å². The van der Waals surface area contributed by atoms with Crippen LogP contribution in [0.5, 0.6) is 5.75 Å². The quantitative estimate of drug-likeness (QED) is 0.842. The van der Waals surface area contributed by atoms with Gasteiger partial charge in [-0.1, -0.05) is 13.8 Å². The molecule has 0 saturated heterocycles. The molecule has 2 unspecified atom stereocenters. The third-order valence-corrected chi connectivity index (χ3v) is 4.24. The van der Waals surface area contributed by atoms with Crippen LogP contribution in [0.3, 0.4) is 0 Å². The Morgan fingerprint density at radius 3 is 2.40 bits per heavy atom. The van der Waals surface area contributed by atoms with Crippen molar-refractivity contribution in [1.29, 1.82) is 0 Å². The lowest BCUT2D eigenvalue weighted by Gasteiger charge is -2.23. The molecule has 0 aliphatic carbocycles. The van der Waals surface area contributed by atoms with Crippen molar-refractivity contribution in [2.24, 2.45) is 5.92 Å². The van der Waals surface area contributed by atoms with Gasteiger partial charge in [0.1, 0.15) is 23.1 Å². The molecule has 1 heterocycles. The lowest BCUT2D eigenvalue weighted by atomic mass is 10.0. The first kappa shape index (κ1) is 18.8. The van der Waals surface area contributed by atoms with Crippen LogP contribution in [0.15, 0.2) is 22.6 Å². The maximum atomic E-state index is 12.5. The van der Waals surface area contributed by atoms with Crippen molar-refractivity contribution in [3.05, 3.63) is 29.5 Å². The molecule has 6 nitrogen and oxygen atoms in total. The fourth-order valence-electron chi connectivity index (χ4n) is 2.88. The highest BCUT2D eigenvalue weighted by molar-refractivity contribution is 5.88. The second kappa shape index (κ2) is 7.59. The summed E-state index contributed by atoms with van der Waals surface area (Å²) in [6, 6.07) is 4.71. The van der Waals surface area contributed by atoms with E-state index in [1.54, 1.807) is 7.11 Å². The summed E-state index contributed by atoms with van der Waals surface area (Å²) in [4.78, 5) is 23.9. The van der Waals surface area contributed by atoms with Gasteiger partial charge < -0.3 is 19.8 Å². The average Bonchev–Trinajstić information content (AvgIpc) is 2.88. The Labute approximate surface area is 147 Å². The molecule has 0 radical (unpaired) electrons. The van der Waals surface area contributed by atoms with Gasteiger partial charge in [0.25, 0.3) is 0 Å². The van der Waals surface area contributed by atoms with Crippen molar-refractivity contribution >= 4 is 22.8 Å². The first-order valence-corrected chi connectivity index (χ1v) is 8.39. The number of rotatable bonds is 6. The highest BCUT2D eigenvalue weighted by Gasteiger charge is 2.26. The number of hydrogen-bond acceptors (Lipinski definition) is 4. The van der Waals surface area contributed by atoms with Crippen molar-refractivity contribution in [3.8, 4) is 5.75 Å². The number of furan rings is 1. The molecule has 25 heavy (non-hydrogen) atoms. The van der Waals surface area contributed by atoms with E-state index < -0.39 is 6.04 Å². The molecule has 6 heteroatoms. The number of carbonyl (C=O) groups excluding carboxylic acids is 2. The molecule has 0 fully saturated rings. The molecule has 0 aliphatic heterocycles. The second-order valence-electron chi connectivity index (χ2n) is 6.61. The van der Waals surface area contributed by atoms with E-state index in [2.05, 4.69) is 10.6 Å². The van der Waals surface area contributed by atoms with Gasteiger partial charge >= 0.3 is 0 Å². The highest BCUT2D eigenvalue weighted by Crippen LogP contribution is 2.32. The summed E-state index contributed by atoms with van der Waals surface area (Å²) in [5, 5.41) is 6.58. The van der Waals surface area contributed by atoms with Crippen LogP contribution in [0, 0.1) is 12.8 Å². The molecule has 2 aromatic rings. The smallest absolute Gasteiger partial charge is 0.243 e. The Kier molecular flexibility index (Phi) is 5.72. The lowest BCUT2D eigenvalue weighted by molar-refractivity contribution is -0.129. The van der Waals surface area contributed by atoms with E-state index in [1.165, 1.54) is 6.92 Å². The molecule has 0 aliphatic rings. The first-order valence-electron chi connectivity index (χ1n) is 8.39. The molecule has 136 valence electrons. The van der Waals surface area contributed by atoms with Gasteiger partial charge in [-0.2, -0.15) is 0 Å². The summed E-state index contributed by atoms with van der Waals surface area (Å²) in [6.45, 7) is 9.01. The minimum atomic E-state index is -0.579. The van der Waals surface area contributed by atoms with Crippen molar-refractivity contribution in [2.45, 2.75) is 46.7 Å². The molecule has 2 atom stereocenters. The summed E-state index contributed by atoms with van der Waals surface area (Å²) in [6.07, 6.45) is 0. The largest absolute Gasteiger partial charge is 0.497 e. The lowest BCUT2D eigenvalue weighted by Crippen LogP contribution is -2.49. The van der Waals surface area contributed by atoms with E-state index in [-0.39, 0.29) is 23.8 Å². The molecule has 1 aromatic carbocycles. The molecular weight excluding hydrogens is 320 g/mol. The Balaban J connectivity index is 2.23. The van der Waals surface area contributed by atoms with Crippen LogP contribution >= 0.6 is 0 Å². The SMILES string of the molecule is COc1ccc2oc(C(C)NC(=O)C(NC(C)=O)C(C)C)c(C)c2c1. The van der Waals surface area contributed by atoms with Crippen molar-refractivity contribution in [1.82, 2.24) is 10.6 Å². The Morgan fingerprint density at radius 2 is 1.84 bits per heavy atom. The number of aryl methyl sites for hydroxylation is 1. The van der Waals surface area contributed by atoms with Crippen LogP contribution in [0.25, 0.3) is 11.0 Å². The third-order valence-electron chi connectivity index (χ3n) is 4.24. The van der Waals surface area contributed by atoms with Gasteiger partial charge in [-0.3, -0.25) is 9.59 Å². The number of carbonyl (C=O) groups is 2. The monoisotopic (exact) mass is 346 g/mol. The van der Waals surface area contributed by atoms with Crippen LogP contribution in [0.4, 0.5) is 0 Å². The van der Waals surface area contributed by atoms with Gasteiger partial charge in [-0.25, -0.2) is 0 Å². The third kappa shape index (κ3) is 4.13. The number of hydrogen-bond donors (Lipinski definition) is 2. The normalized spacial score (nSPS) is 13.6. The summed E-state index contributed by atoms with van der Waals surface area (Å²) >= 11 is 0. The summed E-state index contributed by atoms with van der Waals surface area (Å²) in [5.74, 6) is 0.980. The zero-order valence-corrected chi connectivity index (χ0v) is 15.6. The highest BCUT2D eigenvalue weighted by atomic mass is 16.5. The molecule has 0 saturated carbocycles. The van der Waals surface area contributed by atoms with Crippen molar-refractivity contribution in [3.63, 3.8) is 0 Å². The molecule has 0 bridgehead atoms. The number of fused-ring (bicyclic) bond motifs is 1. The average molecular weight is 346 g/mol. The van der Waals surface area contributed by atoms with Crippen LogP contribution in [-0.4, -0.2) is 25.0 Å². The van der Waals surface area contributed by atoms with Gasteiger partial charge in [-0.15, -0.1) is 0 Å².